The molecule has 156 valence electrons. The molecule has 1 unspecified atom stereocenters. The molecule has 0 saturated heterocycles. The van der Waals surface area contributed by atoms with Crippen molar-refractivity contribution in [1.82, 2.24) is 5.32 Å². The number of alkyl halides is 3. The summed E-state index contributed by atoms with van der Waals surface area (Å²) < 4.78 is 44.7. The number of carbonyl (C=O) groups excluding carboxylic acids is 1. The van der Waals surface area contributed by atoms with Crippen LogP contribution < -0.4 is 10.1 Å². The first-order chi connectivity index (χ1) is 13.7. The SMILES string of the molecule is CC(=O)N[C@@H](C)c1ccc(O[C@@H]2CCC(Cc3cccc(C(F)(F)F)c3)C2)cc1. The quantitative estimate of drug-likeness (QED) is 0.670. The monoisotopic (exact) mass is 405 g/mol. The molecule has 0 heterocycles. The molecule has 3 nitrogen and oxygen atoms in total. The summed E-state index contributed by atoms with van der Waals surface area (Å²) in [7, 11) is 0. The molecular formula is C23H26F3NO2. The van der Waals surface area contributed by atoms with Crippen LogP contribution in [0, 0.1) is 5.92 Å². The number of rotatable bonds is 6. The van der Waals surface area contributed by atoms with Crippen LogP contribution in [0.5, 0.6) is 5.75 Å². The molecule has 3 rings (SSSR count). The van der Waals surface area contributed by atoms with Crippen molar-refractivity contribution in [2.75, 3.05) is 0 Å². The number of carbonyl (C=O) groups is 1. The molecule has 29 heavy (non-hydrogen) atoms. The topological polar surface area (TPSA) is 38.3 Å². The van der Waals surface area contributed by atoms with Gasteiger partial charge in [-0.3, -0.25) is 4.79 Å². The fraction of sp³-hybridized carbons (Fsp3) is 0.435. The first-order valence-corrected chi connectivity index (χ1v) is 9.90. The Labute approximate surface area is 169 Å². The molecule has 1 fully saturated rings. The number of ether oxygens (including phenoxy) is 1. The van der Waals surface area contributed by atoms with E-state index in [9.17, 15) is 18.0 Å². The molecule has 0 bridgehead atoms. The molecule has 0 aliphatic heterocycles. The molecule has 1 aliphatic carbocycles. The van der Waals surface area contributed by atoms with E-state index in [-0.39, 0.29) is 18.1 Å². The average Bonchev–Trinajstić information content (AvgIpc) is 3.08. The van der Waals surface area contributed by atoms with Crippen LogP contribution in [-0.4, -0.2) is 12.0 Å². The number of amides is 1. The van der Waals surface area contributed by atoms with Gasteiger partial charge in [-0.25, -0.2) is 0 Å². The molecule has 0 radical (unpaired) electrons. The van der Waals surface area contributed by atoms with E-state index < -0.39 is 11.7 Å². The van der Waals surface area contributed by atoms with Gasteiger partial charge in [0.1, 0.15) is 5.75 Å². The van der Waals surface area contributed by atoms with Gasteiger partial charge in [-0.05, 0) is 67.9 Å². The summed E-state index contributed by atoms with van der Waals surface area (Å²) in [6, 6.07) is 13.2. The molecule has 2 aromatic rings. The van der Waals surface area contributed by atoms with E-state index in [1.807, 2.05) is 31.2 Å². The third kappa shape index (κ3) is 5.99. The first-order valence-electron chi connectivity index (χ1n) is 9.90. The van der Waals surface area contributed by atoms with Crippen LogP contribution in [0.2, 0.25) is 0 Å². The van der Waals surface area contributed by atoms with Gasteiger partial charge >= 0.3 is 6.18 Å². The van der Waals surface area contributed by atoms with Crippen molar-refractivity contribution in [1.29, 1.82) is 0 Å². The Balaban J connectivity index is 1.53. The maximum atomic E-state index is 12.9. The van der Waals surface area contributed by atoms with Gasteiger partial charge in [0.25, 0.3) is 0 Å². The van der Waals surface area contributed by atoms with Crippen LogP contribution in [0.1, 0.15) is 55.8 Å². The fourth-order valence-electron chi connectivity index (χ4n) is 3.95. The molecular weight excluding hydrogens is 379 g/mol. The standard InChI is InChI=1S/C23H26F3NO2/c1-15(27-16(2)28)19-7-10-21(11-8-19)29-22-9-6-18(14-22)12-17-4-3-5-20(13-17)23(24,25)26/h3-5,7-8,10-11,13,15,18,22H,6,9,12,14H2,1-2H3,(H,27,28)/t15-,18?,22+/m0/s1. The Morgan fingerprint density at radius 1 is 1.17 bits per heavy atom. The van der Waals surface area contributed by atoms with Gasteiger partial charge in [-0.1, -0.05) is 30.3 Å². The summed E-state index contributed by atoms with van der Waals surface area (Å²) in [6.45, 7) is 3.41. The molecule has 0 spiro atoms. The van der Waals surface area contributed by atoms with Crippen molar-refractivity contribution < 1.29 is 22.7 Å². The van der Waals surface area contributed by atoms with Crippen LogP contribution in [0.4, 0.5) is 13.2 Å². The highest BCUT2D eigenvalue weighted by Crippen LogP contribution is 2.34. The summed E-state index contributed by atoms with van der Waals surface area (Å²) in [6.07, 6.45) is -0.922. The zero-order chi connectivity index (χ0) is 21.0. The fourth-order valence-corrected chi connectivity index (χ4v) is 3.95. The van der Waals surface area contributed by atoms with E-state index in [1.54, 1.807) is 6.07 Å². The second-order valence-electron chi connectivity index (χ2n) is 7.81. The van der Waals surface area contributed by atoms with E-state index >= 15 is 0 Å². The predicted octanol–water partition coefficient (Wildman–Crippen LogP) is 5.69. The molecule has 1 N–H and O–H groups in total. The Morgan fingerprint density at radius 2 is 1.90 bits per heavy atom. The Kier molecular flexibility index (Phi) is 6.50. The lowest BCUT2D eigenvalue weighted by Gasteiger charge is -2.17. The molecule has 1 aliphatic rings. The van der Waals surface area contributed by atoms with E-state index in [1.165, 1.54) is 19.1 Å². The van der Waals surface area contributed by atoms with Gasteiger partial charge in [0, 0.05) is 6.92 Å². The van der Waals surface area contributed by atoms with Crippen molar-refractivity contribution in [2.24, 2.45) is 5.92 Å². The van der Waals surface area contributed by atoms with Gasteiger partial charge < -0.3 is 10.1 Å². The normalized spacial score (nSPS) is 20.3. The van der Waals surface area contributed by atoms with Crippen molar-refractivity contribution in [3.63, 3.8) is 0 Å². The summed E-state index contributed by atoms with van der Waals surface area (Å²) >= 11 is 0. The summed E-state index contributed by atoms with van der Waals surface area (Å²) in [5.41, 5.74) is 1.14. The van der Waals surface area contributed by atoms with E-state index in [2.05, 4.69) is 5.32 Å². The van der Waals surface area contributed by atoms with Crippen molar-refractivity contribution in [2.45, 2.75) is 57.9 Å². The highest BCUT2D eigenvalue weighted by molar-refractivity contribution is 5.73. The highest BCUT2D eigenvalue weighted by atomic mass is 19.4. The van der Waals surface area contributed by atoms with Crippen LogP contribution in [-0.2, 0) is 17.4 Å². The molecule has 1 saturated carbocycles. The summed E-state index contributed by atoms with van der Waals surface area (Å²) in [4.78, 5) is 11.2. The number of hydrogen-bond acceptors (Lipinski definition) is 2. The third-order valence-electron chi connectivity index (χ3n) is 5.37. The highest BCUT2D eigenvalue weighted by Gasteiger charge is 2.31. The van der Waals surface area contributed by atoms with E-state index in [0.29, 0.717) is 12.3 Å². The Morgan fingerprint density at radius 3 is 2.55 bits per heavy atom. The minimum absolute atomic E-state index is 0.0649. The molecule has 6 heteroatoms. The Hall–Kier alpha value is -2.50. The number of halogens is 3. The van der Waals surface area contributed by atoms with Gasteiger partial charge in [0.05, 0.1) is 17.7 Å². The zero-order valence-electron chi connectivity index (χ0n) is 16.6. The van der Waals surface area contributed by atoms with Gasteiger partial charge in [-0.15, -0.1) is 0 Å². The minimum Gasteiger partial charge on any atom is -0.490 e. The molecule has 1 amide bonds. The lowest BCUT2D eigenvalue weighted by atomic mass is 9.96. The Bertz CT molecular complexity index is 833. The van der Waals surface area contributed by atoms with Crippen LogP contribution >= 0.6 is 0 Å². The summed E-state index contributed by atoms with van der Waals surface area (Å²) in [5, 5.41) is 2.84. The van der Waals surface area contributed by atoms with Gasteiger partial charge in [-0.2, -0.15) is 13.2 Å². The molecule has 3 atom stereocenters. The second kappa shape index (κ2) is 8.89. The zero-order valence-corrected chi connectivity index (χ0v) is 16.6. The number of nitrogens with one attached hydrogen (secondary N) is 1. The van der Waals surface area contributed by atoms with Crippen molar-refractivity contribution in [3.05, 3.63) is 65.2 Å². The van der Waals surface area contributed by atoms with E-state index in [0.717, 1.165) is 42.2 Å². The number of hydrogen-bond donors (Lipinski definition) is 1. The van der Waals surface area contributed by atoms with Crippen LogP contribution in [0.3, 0.4) is 0 Å². The van der Waals surface area contributed by atoms with Gasteiger partial charge in [0.2, 0.25) is 5.91 Å². The smallest absolute Gasteiger partial charge is 0.416 e. The largest absolute Gasteiger partial charge is 0.490 e. The van der Waals surface area contributed by atoms with Gasteiger partial charge in [0.15, 0.2) is 0 Å². The number of benzene rings is 2. The van der Waals surface area contributed by atoms with Crippen molar-refractivity contribution >= 4 is 5.91 Å². The average molecular weight is 405 g/mol. The van der Waals surface area contributed by atoms with Crippen LogP contribution in [0.25, 0.3) is 0 Å². The maximum absolute atomic E-state index is 12.9. The maximum Gasteiger partial charge on any atom is 0.416 e. The predicted molar refractivity (Wildman–Crippen MR) is 106 cm³/mol. The second-order valence-corrected chi connectivity index (χ2v) is 7.81. The van der Waals surface area contributed by atoms with Crippen molar-refractivity contribution in [3.8, 4) is 5.75 Å². The lowest BCUT2D eigenvalue weighted by molar-refractivity contribution is -0.137. The van der Waals surface area contributed by atoms with E-state index in [4.69, 9.17) is 4.74 Å². The molecule has 0 aromatic heterocycles. The minimum atomic E-state index is -4.30. The van der Waals surface area contributed by atoms with Crippen LogP contribution in [0.15, 0.2) is 48.5 Å². The molecule has 2 aromatic carbocycles. The first kappa shape index (κ1) is 21.2. The third-order valence-corrected chi connectivity index (χ3v) is 5.37. The lowest BCUT2D eigenvalue weighted by Crippen LogP contribution is -2.23. The summed E-state index contributed by atoms with van der Waals surface area (Å²) in [5.74, 6) is 1.02.